The van der Waals surface area contributed by atoms with Crippen LogP contribution in [0.2, 0.25) is 0 Å². The minimum Gasteiger partial charge on any atom is -0.350 e. The number of alkyl halides is 3. The minimum atomic E-state index is -4.66. The second kappa shape index (κ2) is 11.8. The smallest absolute Gasteiger partial charge is 0.350 e. The van der Waals surface area contributed by atoms with E-state index in [2.05, 4.69) is 17.1 Å². The molecule has 1 fully saturated rings. The summed E-state index contributed by atoms with van der Waals surface area (Å²) in [5.74, 6) is -0.347. The van der Waals surface area contributed by atoms with Gasteiger partial charge in [0.1, 0.15) is 0 Å². The summed E-state index contributed by atoms with van der Waals surface area (Å²) in [4.78, 5) is 46.8. The summed E-state index contributed by atoms with van der Waals surface area (Å²) in [5, 5.41) is 2.96. The first-order chi connectivity index (χ1) is 20.1. The number of nitrogens with zero attached hydrogens (tertiary/aromatic N) is 4. The van der Waals surface area contributed by atoms with Crippen LogP contribution in [0.4, 0.5) is 45.5 Å². The average Bonchev–Trinajstić information content (AvgIpc) is 3.42. The molecular weight excluding hydrogens is 547 g/mol. The number of carbonyl (C=O) groups excluding carboxylic acids is 3. The molecule has 1 N–H and O–H groups in total. The number of nitrogens with one attached hydrogen (secondary N) is 1. The lowest BCUT2D eigenvalue weighted by molar-refractivity contribution is -0.137. The molecule has 11 heteroatoms. The van der Waals surface area contributed by atoms with Crippen LogP contribution in [-0.2, 0) is 6.18 Å². The summed E-state index contributed by atoms with van der Waals surface area (Å²) < 4.78 is 41.3. The molecule has 0 saturated carbocycles. The summed E-state index contributed by atoms with van der Waals surface area (Å²) in [6.45, 7) is 6.20. The highest BCUT2D eigenvalue weighted by Gasteiger charge is 2.41. The van der Waals surface area contributed by atoms with Crippen LogP contribution in [0, 0.1) is 0 Å². The van der Waals surface area contributed by atoms with E-state index in [1.165, 1.54) is 23.1 Å². The minimum absolute atomic E-state index is 0.0790. The molecular formula is C31H32F3N5O3. The van der Waals surface area contributed by atoms with E-state index in [-0.39, 0.29) is 46.8 Å². The summed E-state index contributed by atoms with van der Waals surface area (Å²) in [5.41, 5.74) is -0.216. The monoisotopic (exact) mass is 579 g/mol. The molecule has 220 valence electrons. The largest absolute Gasteiger partial charge is 0.416 e. The lowest BCUT2D eigenvalue weighted by atomic mass is 10.1. The highest BCUT2D eigenvalue weighted by atomic mass is 19.4. The number of likely N-dealkylation sites (tertiary alicyclic amines) is 1. The van der Waals surface area contributed by atoms with E-state index in [9.17, 15) is 27.6 Å². The number of para-hydroxylation sites is 1. The zero-order valence-electron chi connectivity index (χ0n) is 23.4. The van der Waals surface area contributed by atoms with E-state index in [0.29, 0.717) is 6.54 Å². The van der Waals surface area contributed by atoms with Gasteiger partial charge in [-0.25, -0.2) is 14.5 Å². The van der Waals surface area contributed by atoms with E-state index in [0.717, 1.165) is 47.9 Å². The Bertz CT molecular complexity index is 1480. The van der Waals surface area contributed by atoms with Crippen LogP contribution in [0.25, 0.3) is 0 Å². The SMILES string of the molecule is CCN1C(=O)N(c2cccc(C(=O)NCC3CCCN3CC)c2)C(=O)N(c2ccccc2)c2cc(C(F)(F)F)ccc21. The number of hydrogen-bond acceptors (Lipinski definition) is 4. The van der Waals surface area contributed by atoms with Crippen LogP contribution in [0.1, 0.15) is 42.6 Å². The van der Waals surface area contributed by atoms with Crippen molar-refractivity contribution in [2.75, 3.05) is 40.9 Å². The molecule has 3 aromatic rings. The van der Waals surface area contributed by atoms with Crippen molar-refractivity contribution in [3.05, 3.63) is 83.9 Å². The number of rotatable bonds is 7. The molecule has 0 spiro atoms. The van der Waals surface area contributed by atoms with Gasteiger partial charge >= 0.3 is 18.2 Å². The maximum absolute atomic E-state index is 14.2. The van der Waals surface area contributed by atoms with Crippen LogP contribution in [0.5, 0.6) is 0 Å². The van der Waals surface area contributed by atoms with Crippen LogP contribution in [0.3, 0.4) is 0 Å². The first kappa shape index (κ1) is 29.1. The van der Waals surface area contributed by atoms with Crippen molar-refractivity contribution < 1.29 is 27.6 Å². The molecule has 0 bridgehead atoms. The number of benzene rings is 3. The highest BCUT2D eigenvalue weighted by molar-refractivity contribution is 6.28. The van der Waals surface area contributed by atoms with Gasteiger partial charge in [-0.05, 0) is 81.4 Å². The van der Waals surface area contributed by atoms with Crippen LogP contribution in [-0.4, -0.2) is 55.1 Å². The molecule has 2 heterocycles. The Hall–Kier alpha value is -4.38. The Morgan fingerprint density at radius 3 is 2.29 bits per heavy atom. The number of likely N-dealkylation sites (N-methyl/N-ethyl adjacent to an activating group) is 1. The van der Waals surface area contributed by atoms with Crippen LogP contribution < -0.4 is 20.0 Å². The van der Waals surface area contributed by atoms with Gasteiger partial charge in [-0.15, -0.1) is 0 Å². The Morgan fingerprint density at radius 2 is 1.60 bits per heavy atom. The normalized spacial score (nSPS) is 17.8. The molecule has 2 aliphatic rings. The number of urea groups is 2. The number of imide groups is 1. The van der Waals surface area contributed by atoms with Gasteiger partial charge in [0, 0.05) is 24.7 Å². The topological polar surface area (TPSA) is 76.2 Å². The molecule has 0 aliphatic carbocycles. The predicted octanol–water partition coefficient (Wildman–Crippen LogP) is 6.64. The Morgan fingerprint density at radius 1 is 0.857 bits per heavy atom. The van der Waals surface area contributed by atoms with Gasteiger partial charge < -0.3 is 5.32 Å². The first-order valence-corrected chi connectivity index (χ1v) is 14.0. The van der Waals surface area contributed by atoms with Gasteiger partial charge in [0.25, 0.3) is 5.91 Å². The van der Waals surface area contributed by atoms with Gasteiger partial charge in [-0.2, -0.15) is 13.2 Å². The second-order valence-electron chi connectivity index (χ2n) is 10.2. The van der Waals surface area contributed by atoms with Gasteiger partial charge in [0.05, 0.1) is 28.3 Å². The zero-order chi connectivity index (χ0) is 30.0. The number of amides is 5. The van der Waals surface area contributed by atoms with E-state index in [1.54, 1.807) is 49.4 Å². The van der Waals surface area contributed by atoms with E-state index in [4.69, 9.17) is 0 Å². The van der Waals surface area contributed by atoms with Crippen molar-refractivity contribution in [1.82, 2.24) is 10.2 Å². The lowest BCUT2D eigenvalue weighted by Crippen LogP contribution is -2.48. The Balaban J connectivity index is 1.54. The van der Waals surface area contributed by atoms with E-state index >= 15 is 0 Å². The number of anilines is 4. The fourth-order valence-electron chi connectivity index (χ4n) is 5.61. The van der Waals surface area contributed by atoms with Crippen molar-refractivity contribution in [3.8, 4) is 0 Å². The zero-order valence-corrected chi connectivity index (χ0v) is 23.4. The average molecular weight is 580 g/mol. The quantitative estimate of drug-likeness (QED) is 0.340. The Labute approximate surface area is 242 Å². The van der Waals surface area contributed by atoms with Crippen LogP contribution >= 0.6 is 0 Å². The summed E-state index contributed by atoms with van der Waals surface area (Å²) >= 11 is 0. The molecule has 0 radical (unpaired) electrons. The van der Waals surface area contributed by atoms with Crippen molar-refractivity contribution in [2.45, 2.75) is 38.9 Å². The van der Waals surface area contributed by atoms with Crippen molar-refractivity contribution in [2.24, 2.45) is 0 Å². The van der Waals surface area contributed by atoms with Gasteiger partial charge in [-0.3, -0.25) is 19.5 Å². The molecule has 1 saturated heterocycles. The highest BCUT2D eigenvalue weighted by Crippen LogP contribution is 2.43. The lowest BCUT2D eigenvalue weighted by Gasteiger charge is -2.27. The maximum Gasteiger partial charge on any atom is 0.416 e. The summed E-state index contributed by atoms with van der Waals surface area (Å²) in [7, 11) is 0. The van der Waals surface area contributed by atoms with Gasteiger partial charge in [0.15, 0.2) is 0 Å². The molecule has 42 heavy (non-hydrogen) atoms. The first-order valence-electron chi connectivity index (χ1n) is 14.0. The third-order valence-electron chi connectivity index (χ3n) is 7.74. The molecule has 0 aromatic heterocycles. The van der Waals surface area contributed by atoms with Crippen molar-refractivity contribution in [1.29, 1.82) is 0 Å². The molecule has 8 nitrogen and oxygen atoms in total. The van der Waals surface area contributed by atoms with E-state index in [1.807, 2.05) is 0 Å². The molecule has 1 atom stereocenters. The molecule has 2 aliphatic heterocycles. The van der Waals surface area contributed by atoms with E-state index < -0.39 is 23.8 Å². The third kappa shape index (κ3) is 5.56. The van der Waals surface area contributed by atoms with Crippen LogP contribution in [0.15, 0.2) is 72.8 Å². The van der Waals surface area contributed by atoms with Crippen molar-refractivity contribution >= 4 is 40.7 Å². The van der Waals surface area contributed by atoms with Gasteiger partial charge in [0.2, 0.25) is 0 Å². The molecule has 5 amide bonds. The van der Waals surface area contributed by atoms with Gasteiger partial charge in [-0.1, -0.05) is 31.2 Å². The molecule has 3 aromatic carbocycles. The fourth-order valence-corrected chi connectivity index (χ4v) is 5.61. The number of hydrogen-bond donors (Lipinski definition) is 1. The summed E-state index contributed by atoms with van der Waals surface area (Å²) in [6.07, 6.45) is -2.60. The number of fused-ring (bicyclic) bond motifs is 1. The fraction of sp³-hybridized carbons (Fsp3) is 0.323. The maximum atomic E-state index is 14.2. The third-order valence-corrected chi connectivity index (χ3v) is 7.74. The number of halogens is 3. The second-order valence-corrected chi connectivity index (χ2v) is 10.2. The van der Waals surface area contributed by atoms with Crippen molar-refractivity contribution in [3.63, 3.8) is 0 Å². The standard InChI is InChI=1S/C31H32F3N5O3/c1-3-36-17-9-14-25(36)20-35-28(40)21-10-8-13-24(18-21)39-29(41)37(4-2)26-16-15-22(31(32,33)34)19-27(26)38(30(39)42)23-11-6-5-7-12-23/h5-8,10-13,15-16,18-19,25H,3-4,9,14,17,20H2,1-2H3,(H,35,40). The Kier molecular flexibility index (Phi) is 8.22. The molecule has 1 unspecified atom stereocenters. The summed E-state index contributed by atoms with van der Waals surface area (Å²) in [6, 6.07) is 15.9. The predicted molar refractivity (Wildman–Crippen MR) is 155 cm³/mol. The number of carbonyl (C=O) groups is 3. The molecule has 5 rings (SSSR count).